The molecular formula is C10H14FNO3. The van der Waals surface area contributed by atoms with E-state index in [9.17, 15) is 14.5 Å². The van der Waals surface area contributed by atoms with E-state index in [0.29, 0.717) is 18.8 Å². The van der Waals surface area contributed by atoms with Crippen molar-refractivity contribution in [1.82, 2.24) is 0 Å². The minimum absolute atomic E-state index is 0.0104. The van der Waals surface area contributed by atoms with Gasteiger partial charge in [-0.2, -0.15) is 0 Å². The van der Waals surface area contributed by atoms with Crippen molar-refractivity contribution in [3.63, 3.8) is 0 Å². The molecule has 3 unspecified atom stereocenters. The van der Waals surface area contributed by atoms with E-state index >= 15 is 0 Å². The van der Waals surface area contributed by atoms with Gasteiger partial charge in [0.05, 0.1) is 0 Å². The molecule has 5 heteroatoms. The standard InChI is InChI=1S/C10H14FNO3/c11-9-7-1-6-2-8(9)5-10(3-6,4-7)15-12(13)14/h6-9H,1-5H2/t6?,7-,8+,9?,10?. The summed E-state index contributed by atoms with van der Waals surface area (Å²) in [7, 11) is 0. The van der Waals surface area contributed by atoms with Crippen LogP contribution in [-0.2, 0) is 4.84 Å². The molecule has 4 bridgehead atoms. The van der Waals surface area contributed by atoms with Gasteiger partial charge in [-0.25, -0.2) is 4.39 Å². The summed E-state index contributed by atoms with van der Waals surface area (Å²) in [6.45, 7) is 0. The molecule has 0 saturated heterocycles. The van der Waals surface area contributed by atoms with Gasteiger partial charge in [0.1, 0.15) is 11.8 Å². The molecular weight excluding hydrogens is 201 g/mol. The van der Waals surface area contributed by atoms with Gasteiger partial charge in [0.2, 0.25) is 0 Å². The molecule has 84 valence electrons. The minimum atomic E-state index is -0.745. The zero-order chi connectivity index (χ0) is 10.6. The van der Waals surface area contributed by atoms with Crippen LogP contribution in [-0.4, -0.2) is 16.9 Å². The summed E-state index contributed by atoms with van der Waals surface area (Å²) < 4.78 is 13.8. The van der Waals surface area contributed by atoms with Gasteiger partial charge < -0.3 is 4.84 Å². The van der Waals surface area contributed by atoms with E-state index in [1.807, 2.05) is 0 Å². The second kappa shape index (κ2) is 2.83. The maximum absolute atomic E-state index is 13.8. The molecule has 0 aromatic heterocycles. The van der Waals surface area contributed by atoms with Crippen LogP contribution in [0.3, 0.4) is 0 Å². The molecule has 0 N–H and O–H groups in total. The topological polar surface area (TPSA) is 52.4 Å². The van der Waals surface area contributed by atoms with Crippen LogP contribution >= 0.6 is 0 Å². The molecule has 4 saturated carbocycles. The number of nitrogens with zero attached hydrogens (tertiary/aromatic N) is 1. The maximum atomic E-state index is 13.8. The Labute approximate surface area is 86.9 Å². The molecule has 0 radical (unpaired) electrons. The average molecular weight is 215 g/mol. The van der Waals surface area contributed by atoms with Crippen molar-refractivity contribution in [2.75, 3.05) is 0 Å². The van der Waals surface area contributed by atoms with Gasteiger partial charge >= 0.3 is 0 Å². The van der Waals surface area contributed by atoms with Crippen LogP contribution in [0.25, 0.3) is 0 Å². The van der Waals surface area contributed by atoms with Gasteiger partial charge in [-0.15, -0.1) is 10.1 Å². The van der Waals surface area contributed by atoms with Gasteiger partial charge in [-0.3, -0.25) is 0 Å². The lowest BCUT2D eigenvalue weighted by atomic mass is 9.53. The molecule has 0 aromatic rings. The Hall–Kier alpha value is -0.870. The molecule has 0 aromatic carbocycles. The molecule has 0 amide bonds. The molecule has 4 nitrogen and oxygen atoms in total. The highest BCUT2D eigenvalue weighted by molar-refractivity contribution is 5.06. The van der Waals surface area contributed by atoms with Crippen LogP contribution in [0.5, 0.6) is 0 Å². The first-order valence-electron chi connectivity index (χ1n) is 5.56. The highest BCUT2D eigenvalue weighted by Crippen LogP contribution is 2.57. The summed E-state index contributed by atoms with van der Waals surface area (Å²) in [5, 5.41) is 9.76. The second-order valence-corrected chi connectivity index (χ2v) is 5.41. The molecule has 0 spiro atoms. The number of alkyl halides is 1. The third-order valence-corrected chi connectivity index (χ3v) is 4.37. The molecule has 15 heavy (non-hydrogen) atoms. The molecule has 4 rings (SSSR count). The van der Waals surface area contributed by atoms with Gasteiger partial charge in [-0.1, -0.05) is 0 Å². The molecule has 0 aliphatic heterocycles. The largest absolute Gasteiger partial charge is 0.307 e. The molecule has 4 aliphatic rings. The van der Waals surface area contributed by atoms with Crippen LogP contribution < -0.4 is 0 Å². The lowest BCUT2D eigenvalue weighted by Crippen LogP contribution is -2.57. The quantitative estimate of drug-likeness (QED) is 0.523. The lowest BCUT2D eigenvalue weighted by Gasteiger charge is -2.56. The number of hydrogen-bond acceptors (Lipinski definition) is 3. The zero-order valence-corrected chi connectivity index (χ0v) is 8.39. The molecule has 5 atom stereocenters. The molecule has 4 aliphatic carbocycles. The van der Waals surface area contributed by atoms with Crippen LogP contribution in [0.1, 0.15) is 32.1 Å². The van der Waals surface area contributed by atoms with Crippen LogP contribution in [0.4, 0.5) is 4.39 Å². The Morgan fingerprint density at radius 1 is 1.27 bits per heavy atom. The van der Waals surface area contributed by atoms with Crippen LogP contribution in [0.15, 0.2) is 0 Å². The van der Waals surface area contributed by atoms with Crippen molar-refractivity contribution in [2.45, 2.75) is 43.9 Å². The Morgan fingerprint density at radius 3 is 2.40 bits per heavy atom. The summed E-state index contributed by atoms with van der Waals surface area (Å²) in [6.07, 6.45) is 2.91. The van der Waals surface area contributed by atoms with Crippen molar-refractivity contribution >= 4 is 0 Å². The normalized spacial score (nSPS) is 51.8. The summed E-state index contributed by atoms with van der Waals surface area (Å²) in [5.74, 6) is 0.474. The predicted molar refractivity (Wildman–Crippen MR) is 49.3 cm³/mol. The predicted octanol–water partition coefficient (Wildman–Crippen LogP) is 2.11. The summed E-state index contributed by atoms with van der Waals surface area (Å²) in [5.41, 5.74) is -0.636. The minimum Gasteiger partial charge on any atom is -0.307 e. The smallest absolute Gasteiger partial charge is 0.295 e. The van der Waals surface area contributed by atoms with Gasteiger partial charge in [0.15, 0.2) is 0 Å². The van der Waals surface area contributed by atoms with E-state index in [-0.39, 0.29) is 11.8 Å². The molecule has 4 fully saturated rings. The Kier molecular flexibility index (Phi) is 1.77. The first-order valence-corrected chi connectivity index (χ1v) is 5.56. The highest BCUT2D eigenvalue weighted by atomic mass is 19.1. The van der Waals surface area contributed by atoms with Crippen molar-refractivity contribution in [3.8, 4) is 0 Å². The van der Waals surface area contributed by atoms with E-state index in [2.05, 4.69) is 0 Å². The van der Waals surface area contributed by atoms with Crippen molar-refractivity contribution in [2.24, 2.45) is 17.8 Å². The first kappa shape index (κ1) is 9.36. The van der Waals surface area contributed by atoms with E-state index < -0.39 is 16.9 Å². The fourth-order valence-corrected chi connectivity index (χ4v) is 4.16. The highest BCUT2D eigenvalue weighted by Gasteiger charge is 2.57. The van der Waals surface area contributed by atoms with Crippen LogP contribution in [0.2, 0.25) is 0 Å². The number of rotatable bonds is 2. The SMILES string of the molecule is O=[N+]([O-])OC12CC3C[C@H](C1)C(F)[C@@H](C3)C2. The number of hydrogen-bond donors (Lipinski definition) is 0. The monoisotopic (exact) mass is 215 g/mol. The van der Waals surface area contributed by atoms with Gasteiger partial charge in [-0.05, 0) is 49.9 Å². The fourth-order valence-electron chi connectivity index (χ4n) is 4.16. The van der Waals surface area contributed by atoms with Gasteiger partial charge in [0, 0.05) is 0 Å². The van der Waals surface area contributed by atoms with E-state index in [1.165, 1.54) is 0 Å². The summed E-state index contributed by atoms with van der Waals surface area (Å²) in [4.78, 5) is 15.3. The molecule has 0 heterocycles. The van der Waals surface area contributed by atoms with Crippen molar-refractivity contribution in [3.05, 3.63) is 10.1 Å². The van der Waals surface area contributed by atoms with E-state index in [1.54, 1.807) is 0 Å². The van der Waals surface area contributed by atoms with Crippen molar-refractivity contribution in [1.29, 1.82) is 0 Å². The Bertz CT molecular complexity index is 293. The summed E-state index contributed by atoms with van der Waals surface area (Å²) in [6, 6.07) is 0. The summed E-state index contributed by atoms with van der Waals surface area (Å²) >= 11 is 0. The number of halogens is 1. The fraction of sp³-hybridized carbons (Fsp3) is 1.00. The maximum Gasteiger partial charge on any atom is 0.295 e. The Morgan fingerprint density at radius 2 is 1.87 bits per heavy atom. The van der Waals surface area contributed by atoms with E-state index in [4.69, 9.17) is 4.84 Å². The van der Waals surface area contributed by atoms with Crippen molar-refractivity contribution < 1.29 is 14.3 Å². The third-order valence-electron chi connectivity index (χ3n) is 4.37. The van der Waals surface area contributed by atoms with Crippen LogP contribution in [0, 0.1) is 27.9 Å². The third kappa shape index (κ3) is 1.32. The Balaban J connectivity index is 1.85. The first-order chi connectivity index (χ1) is 7.08. The lowest BCUT2D eigenvalue weighted by molar-refractivity contribution is -0.785. The second-order valence-electron chi connectivity index (χ2n) is 5.41. The van der Waals surface area contributed by atoms with Gasteiger partial charge in [0.25, 0.3) is 5.09 Å². The van der Waals surface area contributed by atoms with E-state index in [0.717, 1.165) is 19.3 Å². The average Bonchev–Trinajstić information content (AvgIpc) is 2.10. The zero-order valence-electron chi connectivity index (χ0n) is 8.39.